The molecule has 0 aliphatic carbocycles. The summed E-state index contributed by atoms with van der Waals surface area (Å²) < 4.78 is -0.488. The van der Waals surface area contributed by atoms with Crippen LogP contribution in [0.5, 0.6) is 0 Å². The Morgan fingerprint density at radius 1 is 1.57 bits per heavy atom. The zero-order valence-corrected chi connectivity index (χ0v) is 8.56. The fourth-order valence-electron chi connectivity index (χ4n) is 2.15. The minimum Gasteiger partial charge on any atom is -0.435 e. The van der Waals surface area contributed by atoms with Crippen molar-refractivity contribution in [3.05, 3.63) is 0 Å². The minimum absolute atomic E-state index is 0.161. The predicted molar refractivity (Wildman–Crippen MR) is 50.5 cm³/mol. The van der Waals surface area contributed by atoms with Gasteiger partial charge >= 0.3 is 12.0 Å². The average molecular weight is 201 g/mol. The number of carbonyl (C=O) groups excluding carboxylic acids is 1. The third-order valence-corrected chi connectivity index (χ3v) is 3.01. The smallest absolute Gasteiger partial charge is 0.435 e. The van der Waals surface area contributed by atoms with Gasteiger partial charge in [0.25, 0.3) is 0 Å². The molecular weight excluding hydrogens is 184 g/mol. The van der Waals surface area contributed by atoms with Crippen LogP contribution in [-0.2, 0) is 4.79 Å². The second kappa shape index (κ2) is 3.67. The summed E-state index contributed by atoms with van der Waals surface area (Å²) in [4.78, 5) is 23.0. The van der Waals surface area contributed by atoms with Crippen molar-refractivity contribution in [3.63, 3.8) is 0 Å². The van der Waals surface area contributed by atoms with Gasteiger partial charge in [-0.3, -0.25) is 0 Å². The van der Waals surface area contributed by atoms with E-state index in [2.05, 4.69) is 0 Å². The number of carboxylic acid groups (broad SMARTS) is 1. The third-order valence-electron chi connectivity index (χ3n) is 3.01. The number of amides is 2. The fourth-order valence-corrected chi connectivity index (χ4v) is 2.15. The van der Waals surface area contributed by atoms with Crippen molar-refractivity contribution in [2.24, 2.45) is 5.73 Å². The molecular formula is C9H17N2O3+. The number of imide groups is 1. The monoisotopic (exact) mass is 201 g/mol. The van der Waals surface area contributed by atoms with E-state index in [1.165, 1.54) is 6.92 Å². The summed E-state index contributed by atoms with van der Waals surface area (Å²) in [7, 11) is 0. The summed E-state index contributed by atoms with van der Waals surface area (Å²) in [6.45, 7) is 3.70. The molecule has 1 saturated heterocycles. The number of rotatable bonds is 1. The lowest BCUT2D eigenvalue weighted by Gasteiger charge is -2.30. The van der Waals surface area contributed by atoms with Gasteiger partial charge in [0.15, 0.2) is 0 Å². The van der Waals surface area contributed by atoms with E-state index in [4.69, 9.17) is 10.8 Å². The Hall–Kier alpha value is -0.940. The van der Waals surface area contributed by atoms with Gasteiger partial charge < -0.3 is 10.8 Å². The molecule has 80 valence electrons. The van der Waals surface area contributed by atoms with Gasteiger partial charge in [-0.2, -0.15) is 9.28 Å². The molecule has 5 nitrogen and oxygen atoms in total. The van der Waals surface area contributed by atoms with Gasteiger partial charge in [-0.05, 0) is 13.8 Å². The van der Waals surface area contributed by atoms with Crippen molar-refractivity contribution in [1.29, 1.82) is 0 Å². The van der Waals surface area contributed by atoms with Crippen molar-refractivity contribution < 1.29 is 19.2 Å². The summed E-state index contributed by atoms with van der Waals surface area (Å²) in [6.07, 6.45) is 0.466. The highest BCUT2D eigenvalue weighted by atomic mass is 16.4. The SMILES string of the molecule is C[C@H](N)C(=O)[N+]1(C(=O)O)CCC[C@H]1C. The number of likely N-dealkylation sites (tertiary alicyclic amines) is 1. The highest BCUT2D eigenvalue weighted by Gasteiger charge is 2.53. The highest BCUT2D eigenvalue weighted by molar-refractivity contribution is 5.84. The van der Waals surface area contributed by atoms with Crippen LogP contribution < -0.4 is 5.73 Å². The first-order valence-electron chi connectivity index (χ1n) is 4.84. The molecule has 5 heteroatoms. The number of quaternary nitrogens is 1. The molecule has 0 aromatic rings. The van der Waals surface area contributed by atoms with Gasteiger partial charge in [-0.1, -0.05) is 0 Å². The first-order chi connectivity index (χ1) is 6.43. The van der Waals surface area contributed by atoms with Gasteiger partial charge in [0.05, 0.1) is 6.54 Å². The molecule has 1 aliphatic heterocycles. The van der Waals surface area contributed by atoms with Crippen molar-refractivity contribution in [2.75, 3.05) is 6.54 Å². The number of nitrogens with zero attached hydrogens (tertiary/aromatic N) is 1. The van der Waals surface area contributed by atoms with E-state index in [1.807, 2.05) is 0 Å². The summed E-state index contributed by atoms with van der Waals surface area (Å²) in [5, 5.41) is 9.15. The normalized spacial score (nSPS) is 34.1. The van der Waals surface area contributed by atoms with Crippen LogP contribution in [0.25, 0.3) is 0 Å². The van der Waals surface area contributed by atoms with E-state index in [-0.39, 0.29) is 11.9 Å². The molecule has 1 heterocycles. The Balaban J connectivity index is 3.05. The second-order valence-corrected chi connectivity index (χ2v) is 3.99. The quantitative estimate of drug-likeness (QED) is 0.607. The molecule has 1 rings (SSSR count). The highest BCUT2D eigenvalue weighted by Crippen LogP contribution is 2.28. The average Bonchev–Trinajstić information content (AvgIpc) is 2.46. The molecule has 0 aromatic heterocycles. The Labute approximate surface area is 83.1 Å². The van der Waals surface area contributed by atoms with Crippen LogP contribution in [0.4, 0.5) is 4.79 Å². The topological polar surface area (TPSA) is 80.4 Å². The van der Waals surface area contributed by atoms with Gasteiger partial charge in [0, 0.05) is 12.8 Å². The first-order valence-corrected chi connectivity index (χ1v) is 4.84. The van der Waals surface area contributed by atoms with Gasteiger partial charge in [0.1, 0.15) is 12.1 Å². The number of nitrogens with two attached hydrogens (primary N) is 1. The predicted octanol–water partition coefficient (Wildman–Crippen LogP) is 0.537. The summed E-state index contributed by atoms with van der Waals surface area (Å²) in [5.41, 5.74) is 5.47. The van der Waals surface area contributed by atoms with Crippen LogP contribution in [0.2, 0.25) is 0 Å². The largest absolute Gasteiger partial charge is 0.521 e. The van der Waals surface area contributed by atoms with Crippen LogP contribution in [0, 0.1) is 0 Å². The molecule has 1 aliphatic rings. The molecule has 1 fully saturated rings. The Kier molecular flexibility index (Phi) is 2.92. The molecule has 0 spiro atoms. The molecule has 0 radical (unpaired) electrons. The van der Waals surface area contributed by atoms with Crippen molar-refractivity contribution in [2.45, 2.75) is 38.8 Å². The molecule has 3 atom stereocenters. The summed E-state index contributed by atoms with van der Waals surface area (Å²) >= 11 is 0. The van der Waals surface area contributed by atoms with Crippen molar-refractivity contribution in [1.82, 2.24) is 0 Å². The van der Waals surface area contributed by atoms with Gasteiger partial charge in [0.2, 0.25) is 0 Å². The number of hydrogen-bond donors (Lipinski definition) is 2. The summed E-state index contributed by atoms with van der Waals surface area (Å²) in [5.74, 6) is -0.387. The molecule has 0 saturated carbocycles. The summed E-state index contributed by atoms with van der Waals surface area (Å²) in [6, 6.07) is -0.877. The Bertz CT molecular complexity index is 265. The maximum atomic E-state index is 11.8. The van der Waals surface area contributed by atoms with Crippen molar-refractivity contribution in [3.8, 4) is 0 Å². The Morgan fingerprint density at radius 2 is 2.14 bits per heavy atom. The van der Waals surface area contributed by atoms with E-state index in [0.29, 0.717) is 6.54 Å². The lowest BCUT2D eigenvalue weighted by atomic mass is 10.2. The van der Waals surface area contributed by atoms with Crippen LogP contribution in [0.3, 0.4) is 0 Å². The minimum atomic E-state index is -1.07. The van der Waals surface area contributed by atoms with Crippen LogP contribution in [0.1, 0.15) is 26.7 Å². The zero-order chi connectivity index (χ0) is 10.9. The molecule has 0 bridgehead atoms. The van der Waals surface area contributed by atoms with E-state index in [0.717, 1.165) is 12.8 Å². The third kappa shape index (κ3) is 1.42. The molecule has 3 N–H and O–H groups in total. The standard InChI is InChI=1S/C9H16N2O3/c1-6-4-3-5-11(6,9(13)14)8(12)7(2)10/h6-7H,3-5,10H2,1-2H3/p+1/t6-,7+,11?/m1/s1. The van der Waals surface area contributed by atoms with Gasteiger partial charge in [-0.25, -0.2) is 4.79 Å². The number of hydrogen-bond acceptors (Lipinski definition) is 3. The first kappa shape index (κ1) is 11.1. The lowest BCUT2D eigenvalue weighted by molar-refractivity contribution is -0.792. The fraction of sp³-hybridized carbons (Fsp3) is 0.778. The lowest BCUT2D eigenvalue weighted by Crippen LogP contribution is -2.62. The Morgan fingerprint density at radius 3 is 2.43 bits per heavy atom. The zero-order valence-electron chi connectivity index (χ0n) is 8.56. The van der Waals surface area contributed by atoms with Crippen LogP contribution in [-0.4, -0.2) is 40.2 Å². The van der Waals surface area contributed by atoms with E-state index in [9.17, 15) is 9.59 Å². The van der Waals surface area contributed by atoms with Crippen molar-refractivity contribution >= 4 is 12.0 Å². The second-order valence-electron chi connectivity index (χ2n) is 3.99. The molecule has 0 aromatic carbocycles. The number of carbonyl (C=O) groups is 2. The maximum absolute atomic E-state index is 11.8. The van der Waals surface area contributed by atoms with E-state index in [1.54, 1.807) is 6.92 Å². The molecule has 14 heavy (non-hydrogen) atoms. The maximum Gasteiger partial charge on any atom is 0.521 e. The van der Waals surface area contributed by atoms with Crippen LogP contribution in [0.15, 0.2) is 0 Å². The molecule has 1 unspecified atom stereocenters. The van der Waals surface area contributed by atoms with Crippen LogP contribution >= 0.6 is 0 Å². The van der Waals surface area contributed by atoms with Gasteiger partial charge in [-0.15, -0.1) is 0 Å². The molecule has 2 amide bonds. The van der Waals surface area contributed by atoms with E-state index >= 15 is 0 Å². The van der Waals surface area contributed by atoms with E-state index < -0.39 is 16.6 Å².